The van der Waals surface area contributed by atoms with Gasteiger partial charge in [0.15, 0.2) is 0 Å². The van der Waals surface area contributed by atoms with Gasteiger partial charge in [-0.05, 0) is 48.6 Å². The number of nitrogens with zero attached hydrogens (tertiary/aromatic N) is 1. The zero-order chi connectivity index (χ0) is 22.2. The Morgan fingerprint density at radius 3 is 2.68 bits per heavy atom. The molecule has 0 fully saturated rings. The van der Waals surface area contributed by atoms with E-state index in [0.29, 0.717) is 36.8 Å². The van der Waals surface area contributed by atoms with E-state index >= 15 is 0 Å². The molecule has 0 aromatic heterocycles. The Balaban J connectivity index is 1.54. The Hall–Kier alpha value is -2.67. The Bertz CT molecular complexity index is 959. The highest BCUT2D eigenvalue weighted by Crippen LogP contribution is 2.21. The molecule has 0 radical (unpaired) electrons. The predicted molar refractivity (Wildman–Crippen MR) is 123 cm³/mol. The summed E-state index contributed by atoms with van der Waals surface area (Å²) in [7, 11) is 0. The first kappa shape index (κ1) is 23.0. The third-order valence-corrected chi connectivity index (χ3v) is 5.72. The number of nitrogens with two attached hydrogens (primary N) is 1. The second kappa shape index (κ2) is 11.1. The molecular weight excluding hydrogens is 412 g/mol. The van der Waals surface area contributed by atoms with Crippen LogP contribution in [0.15, 0.2) is 59.7 Å². The number of amides is 2. The predicted octanol–water partition coefficient (Wildman–Crippen LogP) is 3.10. The fourth-order valence-electron chi connectivity index (χ4n) is 3.61. The normalized spacial score (nSPS) is 14.2. The van der Waals surface area contributed by atoms with Gasteiger partial charge in [-0.15, -0.1) is 0 Å². The summed E-state index contributed by atoms with van der Waals surface area (Å²) in [6.45, 7) is 3.88. The molecule has 1 heterocycles. The number of hydrogen-bond donors (Lipinski definition) is 3. The molecule has 0 saturated heterocycles. The maximum absolute atomic E-state index is 12.9. The van der Waals surface area contributed by atoms with Crippen LogP contribution in [-0.2, 0) is 29.1 Å². The van der Waals surface area contributed by atoms with Crippen molar-refractivity contribution in [1.82, 2.24) is 15.8 Å². The van der Waals surface area contributed by atoms with Gasteiger partial charge in [-0.3, -0.25) is 14.6 Å². The fraction of sp³-hybridized carbons (Fsp3) is 0.333. The molecule has 0 aliphatic carbocycles. The fourth-order valence-corrected chi connectivity index (χ4v) is 3.80. The van der Waals surface area contributed by atoms with Gasteiger partial charge in [-0.1, -0.05) is 53.6 Å². The minimum atomic E-state index is -0.197. The maximum atomic E-state index is 12.9. The summed E-state index contributed by atoms with van der Waals surface area (Å²) in [5.74, 6) is -0.325. The molecule has 0 saturated carbocycles. The zero-order valence-electron chi connectivity index (χ0n) is 17.8. The van der Waals surface area contributed by atoms with Crippen LogP contribution in [-0.4, -0.2) is 29.9 Å². The lowest BCUT2D eigenvalue weighted by Crippen LogP contribution is -2.47. The van der Waals surface area contributed by atoms with Crippen LogP contribution >= 0.6 is 11.6 Å². The molecule has 3 rings (SSSR count). The number of hydrazine groups is 1. The Kier molecular flexibility index (Phi) is 8.23. The number of nitrogens with one attached hydrogen (secondary N) is 2. The van der Waals surface area contributed by atoms with Crippen molar-refractivity contribution < 1.29 is 9.59 Å². The molecule has 1 aliphatic rings. The summed E-state index contributed by atoms with van der Waals surface area (Å²) < 4.78 is 0. The third-order valence-electron chi connectivity index (χ3n) is 5.49. The van der Waals surface area contributed by atoms with Crippen LogP contribution in [0, 0.1) is 0 Å². The second-order valence-corrected chi connectivity index (χ2v) is 8.12. The Labute approximate surface area is 188 Å². The summed E-state index contributed by atoms with van der Waals surface area (Å²) in [6.07, 6.45) is 1.63. The summed E-state index contributed by atoms with van der Waals surface area (Å²) >= 11 is 6.06. The second-order valence-electron chi connectivity index (χ2n) is 7.68. The number of rotatable bonds is 9. The largest absolute Gasteiger partial charge is 0.352 e. The SMILES string of the molecule is CC1=C(CC(=O)NCc2cc(Cl)ccc2CN)C(=O)N(NCCc2ccccc2)CC1. The van der Waals surface area contributed by atoms with E-state index in [9.17, 15) is 9.59 Å². The lowest BCUT2D eigenvalue weighted by atomic mass is 9.98. The van der Waals surface area contributed by atoms with Gasteiger partial charge in [0.1, 0.15) is 0 Å². The van der Waals surface area contributed by atoms with Gasteiger partial charge in [0, 0.05) is 36.8 Å². The first-order chi connectivity index (χ1) is 15.0. The summed E-state index contributed by atoms with van der Waals surface area (Å²) in [5, 5.41) is 5.11. The molecule has 2 aromatic carbocycles. The number of hydrogen-bond acceptors (Lipinski definition) is 4. The van der Waals surface area contributed by atoms with Crippen LogP contribution in [0.3, 0.4) is 0 Å². The Morgan fingerprint density at radius 1 is 1.16 bits per heavy atom. The van der Waals surface area contributed by atoms with Crippen LogP contribution in [0.25, 0.3) is 0 Å². The minimum Gasteiger partial charge on any atom is -0.352 e. The van der Waals surface area contributed by atoms with E-state index in [2.05, 4.69) is 22.9 Å². The van der Waals surface area contributed by atoms with Crippen molar-refractivity contribution in [3.05, 3.63) is 81.4 Å². The molecule has 4 N–H and O–H groups in total. The minimum absolute atomic E-state index is 0.0556. The van der Waals surface area contributed by atoms with Crippen molar-refractivity contribution in [2.24, 2.45) is 5.73 Å². The standard InChI is InChI=1S/C24H29ClN4O2/c1-17-10-12-29(28-11-9-18-5-3-2-4-6-18)24(31)22(17)14-23(30)27-16-20-13-21(25)8-7-19(20)15-26/h2-8,13,28H,9-12,14-16,26H2,1H3,(H,27,30). The first-order valence-corrected chi connectivity index (χ1v) is 10.9. The topological polar surface area (TPSA) is 87.5 Å². The molecule has 164 valence electrons. The van der Waals surface area contributed by atoms with E-state index in [1.165, 1.54) is 5.56 Å². The van der Waals surface area contributed by atoms with Gasteiger partial charge in [-0.2, -0.15) is 0 Å². The van der Waals surface area contributed by atoms with Crippen LogP contribution in [0.1, 0.15) is 36.5 Å². The monoisotopic (exact) mass is 440 g/mol. The molecule has 1 aliphatic heterocycles. The highest BCUT2D eigenvalue weighted by molar-refractivity contribution is 6.30. The van der Waals surface area contributed by atoms with Crippen molar-refractivity contribution in [3.8, 4) is 0 Å². The summed E-state index contributed by atoms with van der Waals surface area (Å²) in [5.41, 5.74) is 13.5. The van der Waals surface area contributed by atoms with Crippen LogP contribution in [0.4, 0.5) is 0 Å². The van der Waals surface area contributed by atoms with Crippen molar-refractivity contribution in [2.45, 2.75) is 39.3 Å². The van der Waals surface area contributed by atoms with Crippen LogP contribution in [0.5, 0.6) is 0 Å². The van der Waals surface area contributed by atoms with Crippen molar-refractivity contribution >= 4 is 23.4 Å². The number of halogens is 1. The molecule has 31 heavy (non-hydrogen) atoms. The molecule has 7 heteroatoms. The molecule has 2 aromatic rings. The van der Waals surface area contributed by atoms with Crippen LogP contribution in [0.2, 0.25) is 5.02 Å². The van der Waals surface area contributed by atoms with E-state index in [0.717, 1.165) is 29.5 Å². The molecule has 2 amide bonds. The highest BCUT2D eigenvalue weighted by Gasteiger charge is 2.26. The molecule has 0 unspecified atom stereocenters. The molecular formula is C24H29ClN4O2. The van der Waals surface area contributed by atoms with E-state index in [-0.39, 0.29) is 18.2 Å². The average Bonchev–Trinajstić information content (AvgIpc) is 2.77. The number of carbonyl (C=O) groups excluding carboxylic acids is 2. The van der Waals surface area contributed by atoms with Crippen molar-refractivity contribution in [1.29, 1.82) is 0 Å². The molecule has 0 bridgehead atoms. The van der Waals surface area contributed by atoms with E-state index in [1.54, 1.807) is 17.1 Å². The first-order valence-electron chi connectivity index (χ1n) is 10.5. The lowest BCUT2D eigenvalue weighted by Gasteiger charge is -2.30. The average molecular weight is 441 g/mol. The van der Waals surface area contributed by atoms with Gasteiger partial charge in [0.25, 0.3) is 5.91 Å². The molecule has 0 atom stereocenters. The number of carbonyl (C=O) groups is 2. The lowest BCUT2D eigenvalue weighted by molar-refractivity contribution is -0.132. The zero-order valence-corrected chi connectivity index (χ0v) is 18.5. The maximum Gasteiger partial charge on any atom is 0.264 e. The van der Waals surface area contributed by atoms with Gasteiger partial charge >= 0.3 is 0 Å². The molecule has 6 nitrogen and oxygen atoms in total. The van der Waals surface area contributed by atoms with Gasteiger partial charge in [0.05, 0.1) is 6.42 Å². The number of benzene rings is 2. The quantitative estimate of drug-likeness (QED) is 0.559. The third kappa shape index (κ3) is 6.40. The van der Waals surface area contributed by atoms with Gasteiger partial charge < -0.3 is 11.1 Å². The molecule has 0 spiro atoms. The van der Waals surface area contributed by atoms with E-state index in [4.69, 9.17) is 17.3 Å². The summed E-state index contributed by atoms with van der Waals surface area (Å²) in [6, 6.07) is 15.6. The van der Waals surface area contributed by atoms with Crippen molar-refractivity contribution in [2.75, 3.05) is 13.1 Å². The van der Waals surface area contributed by atoms with Crippen molar-refractivity contribution in [3.63, 3.8) is 0 Å². The van der Waals surface area contributed by atoms with Gasteiger partial charge in [0.2, 0.25) is 5.91 Å². The van der Waals surface area contributed by atoms with E-state index < -0.39 is 0 Å². The smallest absolute Gasteiger partial charge is 0.264 e. The Morgan fingerprint density at radius 2 is 1.94 bits per heavy atom. The van der Waals surface area contributed by atoms with Crippen LogP contribution < -0.4 is 16.5 Å². The highest BCUT2D eigenvalue weighted by atomic mass is 35.5. The summed E-state index contributed by atoms with van der Waals surface area (Å²) in [4.78, 5) is 25.5. The van der Waals surface area contributed by atoms with Gasteiger partial charge in [-0.25, -0.2) is 5.43 Å². The van der Waals surface area contributed by atoms with E-state index in [1.807, 2.05) is 31.2 Å².